The molecule has 1 N–H and O–H groups in total. The summed E-state index contributed by atoms with van der Waals surface area (Å²) in [6, 6.07) is 0. The van der Waals surface area contributed by atoms with Crippen molar-refractivity contribution in [1.29, 1.82) is 0 Å². The van der Waals surface area contributed by atoms with E-state index in [1.54, 1.807) is 0 Å². The van der Waals surface area contributed by atoms with Crippen molar-refractivity contribution in [3.05, 3.63) is 12.2 Å². The fourth-order valence-electron chi connectivity index (χ4n) is 2.49. The van der Waals surface area contributed by atoms with Crippen LogP contribution in [-0.2, 0) is 0 Å². The van der Waals surface area contributed by atoms with Gasteiger partial charge in [-0.05, 0) is 19.8 Å². The van der Waals surface area contributed by atoms with Crippen LogP contribution >= 0.6 is 0 Å². The van der Waals surface area contributed by atoms with E-state index in [1.165, 1.54) is 39.0 Å². The summed E-state index contributed by atoms with van der Waals surface area (Å²) in [4.78, 5) is 5.20. The minimum absolute atomic E-state index is 0.618. The molecule has 2 aliphatic rings. The van der Waals surface area contributed by atoms with Gasteiger partial charge in [0.25, 0.3) is 0 Å². The first-order valence-corrected chi connectivity index (χ1v) is 7.22. The molecular formula is C14H29N3. The van der Waals surface area contributed by atoms with Crippen LogP contribution in [0.3, 0.4) is 0 Å². The van der Waals surface area contributed by atoms with Gasteiger partial charge in [-0.25, -0.2) is 0 Å². The van der Waals surface area contributed by atoms with E-state index >= 15 is 0 Å². The Hall–Kier alpha value is -0.380. The first-order chi connectivity index (χ1) is 8.38. The van der Waals surface area contributed by atoms with E-state index in [0.717, 1.165) is 13.1 Å². The van der Waals surface area contributed by atoms with Gasteiger partial charge in [0.15, 0.2) is 0 Å². The molecule has 0 aromatic carbocycles. The Morgan fingerprint density at radius 1 is 0.882 bits per heavy atom. The maximum absolute atomic E-state index is 3.50. The Bertz CT molecular complexity index is 196. The number of nitrogens with zero attached hydrogens (tertiary/aromatic N) is 2. The summed E-state index contributed by atoms with van der Waals surface area (Å²) >= 11 is 0. The first-order valence-electron chi connectivity index (χ1n) is 7.22. The summed E-state index contributed by atoms with van der Waals surface area (Å²) in [5, 5.41) is 3.50. The van der Waals surface area contributed by atoms with Crippen molar-refractivity contribution in [2.45, 2.75) is 39.8 Å². The molecule has 3 heteroatoms. The second-order valence-corrected chi connectivity index (χ2v) is 4.50. The van der Waals surface area contributed by atoms with Crippen LogP contribution in [0.4, 0.5) is 0 Å². The molecule has 2 atom stereocenters. The molecule has 0 aromatic heterocycles. The van der Waals surface area contributed by atoms with Gasteiger partial charge in [-0.2, -0.15) is 0 Å². The van der Waals surface area contributed by atoms with Crippen molar-refractivity contribution in [1.82, 2.24) is 15.1 Å². The highest BCUT2D eigenvalue weighted by molar-refractivity contribution is 4.87. The van der Waals surface area contributed by atoms with Gasteiger partial charge in [0.05, 0.1) is 6.17 Å². The lowest BCUT2D eigenvalue weighted by atomic mass is 10.3. The zero-order valence-electron chi connectivity index (χ0n) is 11.8. The lowest BCUT2D eigenvalue weighted by Crippen LogP contribution is -2.53. The topological polar surface area (TPSA) is 18.5 Å². The van der Waals surface area contributed by atoms with E-state index < -0.39 is 0 Å². The quantitative estimate of drug-likeness (QED) is 0.652. The molecule has 0 spiro atoms. The predicted molar refractivity (Wildman–Crippen MR) is 75.2 cm³/mol. The number of hydrogen-bond acceptors (Lipinski definition) is 3. The van der Waals surface area contributed by atoms with Crippen molar-refractivity contribution in [2.75, 3.05) is 39.3 Å². The van der Waals surface area contributed by atoms with Crippen LogP contribution in [0.25, 0.3) is 0 Å². The maximum Gasteiger partial charge on any atom is 0.0594 e. The summed E-state index contributed by atoms with van der Waals surface area (Å²) in [5.41, 5.74) is 0. The zero-order chi connectivity index (χ0) is 12.5. The minimum atomic E-state index is 0.618. The summed E-state index contributed by atoms with van der Waals surface area (Å²) in [7, 11) is 0. The molecule has 0 aromatic rings. The van der Waals surface area contributed by atoms with E-state index in [0.29, 0.717) is 6.17 Å². The molecule has 1 saturated heterocycles. The van der Waals surface area contributed by atoms with Gasteiger partial charge in [0, 0.05) is 39.3 Å². The molecule has 0 aliphatic carbocycles. The Morgan fingerprint density at radius 2 is 1.35 bits per heavy atom. The summed E-state index contributed by atoms with van der Waals surface area (Å²) in [6.45, 7) is 13.4. The highest BCUT2D eigenvalue weighted by Crippen LogP contribution is 2.11. The molecule has 0 radical (unpaired) electrons. The van der Waals surface area contributed by atoms with Crippen molar-refractivity contribution < 1.29 is 0 Å². The molecule has 0 saturated carbocycles. The van der Waals surface area contributed by atoms with Gasteiger partial charge < -0.3 is 5.32 Å². The molecule has 2 unspecified atom stereocenters. The molecule has 100 valence electrons. The first kappa shape index (κ1) is 14.7. The molecule has 1 fully saturated rings. The van der Waals surface area contributed by atoms with E-state index in [1.807, 2.05) is 13.8 Å². The summed E-state index contributed by atoms with van der Waals surface area (Å²) in [5.74, 6) is 0. The molecule has 2 rings (SSSR count). The van der Waals surface area contributed by atoms with Gasteiger partial charge in [-0.3, -0.25) is 9.80 Å². The van der Waals surface area contributed by atoms with Crippen LogP contribution in [-0.4, -0.2) is 55.2 Å². The Morgan fingerprint density at radius 3 is 1.82 bits per heavy atom. The van der Waals surface area contributed by atoms with Gasteiger partial charge in [0.1, 0.15) is 0 Å². The Kier molecular flexibility index (Phi) is 7.49. The van der Waals surface area contributed by atoms with E-state index in [2.05, 4.69) is 34.2 Å². The van der Waals surface area contributed by atoms with Gasteiger partial charge in [-0.1, -0.05) is 26.0 Å². The average molecular weight is 239 g/mol. The monoisotopic (exact) mass is 239 g/mol. The number of fused-ring (bicyclic) bond motifs is 2. The lowest BCUT2D eigenvalue weighted by molar-refractivity contribution is 0.0496. The highest BCUT2D eigenvalue weighted by atomic mass is 15.4. The van der Waals surface area contributed by atoms with Gasteiger partial charge in [0.2, 0.25) is 0 Å². The van der Waals surface area contributed by atoms with Gasteiger partial charge in [-0.15, -0.1) is 0 Å². The SMILES string of the molecule is CC.CC1N2CC/C=C/CCN1CCNCC2. The highest BCUT2D eigenvalue weighted by Gasteiger charge is 2.21. The van der Waals surface area contributed by atoms with Crippen molar-refractivity contribution in [3.8, 4) is 0 Å². The van der Waals surface area contributed by atoms with Crippen molar-refractivity contribution in [3.63, 3.8) is 0 Å². The Balaban J connectivity index is 0.000000686. The lowest BCUT2D eigenvalue weighted by Gasteiger charge is -2.39. The molecule has 2 bridgehead atoms. The summed E-state index contributed by atoms with van der Waals surface area (Å²) in [6.07, 6.45) is 7.71. The second-order valence-electron chi connectivity index (χ2n) is 4.50. The van der Waals surface area contributed by atoms with Crippen LogP contribution in [0.5, 0.6) is 0 Å². The molecular weight excluding hydrogens is 210 g/mol. The molecule has 17 heavy (non-hydrogen) atoms. The third-order valence-electron chi connectivity index (χ3n) is 3.54. The van der Waals surface area contributed by atoms with Crippen LogP contribution in [0.1, 0.15) is 33.6 Å². The minimum Gasteiger partial charge on any atom is -0.314 e. The Labute approximate surface area is 107 Å². The average Bonchev–Trinajstić information content (AvgIpc) is 2.45. The molecule has 2 heterocycles. The molecule has 3 nitrogen and oxygen atoms in total. The van der Waals surface area contributed by atoms with Crippen molar-refractivity contribution in [2.24, 2.45) is 0 Å². The molecule has 2 aliphatic heterocycles. The van der Waals surface area contributed by atoms with Crippen LogP contribution in [0.2, 0.25) is 0 Å². The zero-order valence-corrected chi connectivity index (χ0v) is 11.8. The van der Waals surface area contributed by atoms with Crippen LogP contribution < -0.4 is 5.32 Å². The van der Waals surface area contributed by atoms with Crippen LogP contribution in [0.15, 0.2) is 12.2 Å². The van der Waals surface area contributed by atoms with E-state index in [-0.39, 0.29) is 0 Å². The normalized spacial score (nSPS) is 36.1. The smallest absolute Gasteiger partial charge is 0.0594 e. The van der Waals surface area contributed by atoms with E-state index in [9.17, 15) is 0 Å². The number of nitrogens with one attached hydrogen (secondary N) is 1. The standard InChI is InChI=1S/C12H23N3.C2H6/c1-12-14-8-4-2-3-5-9-15(12)11-7-13-6-10-14;1-2/h2-3,12-13H,4-11H2,1H3;1-2H3/b3-2+;. The van der Waals surface area contributed by atoms with E-state index in [4.69, 9.17) is 0 Å². The third-order valence-corrected chi connectivity index (χ3v) is 3.54. The maximum atomic E-state index is 3.50. The number of rotatable bonds is 0. The fraction of sp³-hybridized carbons (Fsp3) is 0.857. The summed E-state index contributed by atoms with van der Waals surface area (Å²) < 4.78 is 0. The predicted octanol–water partition coefficient (Wildman–Crippen LogP) is 1.92. The second kappa shape index (κ2) is 8.67. The number of hydrogen-bond donors (Lipinski definition) is 1. The molecule has 0 amide bonds. The third kappa shape index (κ3) is 4.78. The van der Waals surface area contributed by atoms with Crippen LogP contribution in [0, 0.1) is 0 Å². The van der Waals surface area contributed by atoms with Gasteiger partial charge >= 0.3 is 0 Å². The largest absolute Gasteiger partial charge is 0.314 e. The fourth-order valence-corrected chi connectivity index (χ4v) is 2.49. The van der Waals surface area contributed by atoms with Crippen molar-refractivity contribution >= 4 is 0 Å².